The van der Waals surface area contributed by atoms with Crippen LogP contribution in [0.25, 0.3) is 0 Å². The first-order chi connectivity index (χ1) is 13.4. The first kappa shape index (κ1) is 19.8. The Morgan fingerprint density at radius 3 is 2.57 bits per heavy atom. The van der Waals surface area contributed by atoms with Crippen LogP contribution in [-0.2, 0) is 4.84 Å². The summed E-state index contributed by atoms with van der Waals surface area (Å²) in [6.07, 6.45) is 12.9. The van der Waals surface area contributed by atoms with E-state index in [9.17, 15) is 0 Å². The minimum atomic E-state index is 0.686. The van der Waals surface area contributed by atoms with Crippen LogP contribution >= 0.6 is 0 Å². The second-order valence-electron chi connectivity index (χ2n) is 7.52. The second-order valence-corrected chi connectivity index (χ2v) is 7.52. The summed E-state index contributed by atoms with van der Waals surface area (Å²) in [5.41, 5.74) is 7.35. The number of rotatable bonds is 3. The normalized spacial score (nSPS) is 26.0. The van der Waals surface area contributed by atoms with Crippen LogP contribution in [0.2, 0.25) is 0 Å². The van der Waals surface area contributed by atoms with Crippen LogP contribution in [0, 0.1) is 0 Å². The van der Waals surface area contributed by atoms with E-state index in [-0.39, 0.29) is 0 Å². The first-order valence-corrected chi connectivity index (χ1v) is 9.54. The summed E-state index contributed by atoms with van der Waals surface area (Å²) in [4.78, 5) is 16.7. The highest BCUT2D eigenvalue weighted by molar-refractivity contribution is 6.02. The van der Waals surface area contributed by atoms with E-state index in [4.69, 9.17) is 9.83 Å². The lowest BCUT2D eigenvalue weighted by molar-refractivity contribution is 0.219. The van der Waals surface area contributed by atoms with Crippen molar-refractivity contribution in [3.63, 3.8) is 0 Å². The average Bonchev–Trinajstić information content (AvgIpc) is 3.11. The highest BCUT2D eigenvalue weighted by atomic mass is 16.6. The van der Waals surface area contributed by atoms with E-state index in [1.165, 1.54) is 11.1 Å². The van der Waals surface area contributed by atoms with Gasteiger partial charge in [-0.1, -0.05) is 41.6 Å². The Kier molecular flexibility index (Phi) is 5.93. The van der Waals surface area contributed by atoms with E-state index in [0.717, 1.165) is 46.7 Å². The van der Waals surface area contributed by atoms with Crippen molar-refractivity contribution in [3.8, 4) is 0 Å². The summed E-state index contributed by atoms with van der Waals surface area (Å²) >= 11 is 0. The van der Waals surface area contributed by atoms with Gasteiger partial charge in [-0.15, -0.1) is 0 Å². The molecule has 3 aliphatic rings. The standard InChI is InChI=1S/C23H28N4O/c1-15-9-7-8-10-19(12-11-15)17(3)22(20-13-16(2)26-28-18(20)4)21-14-24-23(25-21)27(5)6/h7-10,14H,3,11-13H2,1-2,4-6H3/b8-7-,15-9-,19-10+,22-21-. The highest BCUT2D eigenvalue weighted by Gasteiger charge is 2.25. The van der Waals surface area contributed by atoms with Crippen molar-refractivity contribution in [1.29, 1.82) is 0 Å². The zero-order valence-electron chi connectivity index (χ0n) is 17.4. The van der Waals surface area contributed by atoms with Crippen LogP contribution in [-0.4, -0.2) is 36.9 Å². The molecule has 0 amide bonds. The maximum Gasteiger partial charge on any atom is 0.225 e. The van der Waals surface area contributed by atoms with Gasteiger partial charge in [0.2, 0.25) is 5.96 Å². The SMILES string of the molecule is C=C(/C(C1=C(C)ON=C(C)C1)=C1\C=NC(N(C)C)=N1)/C1=C/C=C\C=C(\C)CC1. The van der Waals surface area contributed by atoms with Crippen LogP contribution in [0.3, 0.4) is 0 Å². The molecule has 0 saturated heterocycles. The van der Waals surface area contributed by atoms with Crippen LogP contribution in [0.4, 0.5) is 0 Å². The number of allylic oxidation sites excluding steroid dienone is 11. The zero-order chi connectivity index (χ0) is 20.3. The summed E-state index contributed by atoms with van der Waals surface area (Å²) in [6.45, 7) is 10.6. The van der Waals surface area contributed by atoms with Crippen molar-refractivity contribution in [2.24, 2.45) is 15.1 Å². The van der Waals surface area contributed by atoms with Crippen LogP contribution in [0.1, 0.15) is 40.0 Å². The van der Waals surface area contributed by atoms with Gasteiger partial charge in [-0.3, -0.25) is 0 Å². The van der Waals surface area contributed by atoms with E-state index < -0.39 is 0 Å². The molecule has 0 saturated carbocycles. The summed E-state index contributed by atoms with van der Waals surface area (Å²) in [5, 5.41) is 4.12. The Balaban J connectivity index is 2.08. The molecule has 0 unspecified atom stereocenters. The molecule has 1 aliphatic carbocycles. The fourth-order valence-electron chi connectivity index (χ4n) is 3.29. The van der Waals surface area contributed by atoms with Crippen molar-refractivity contribution in [2.45, 2.75) is 40.0 Å². The van der Waals surface area contributed by atoms with E-state index in [0.29, 0.717) is 12.4 Å². The Hall–Kier alpha value is -2.95. The second kappa shape index (κ2) is 8.38. The molecule has 0 atom stereocenters. The number of guanidine groups is 1. The lowest BCUT2D eigenvalue weighted by Crippen LogP contribution is -2.17. The molecule has 2 aliphatic heterocycles. The Morgan fingerprint density at radius 2 is 1.86 bits per heavy atom. The predicted octanol–water partition coefficient (Wildman–Crippen LogP) is 5.09. The topological polar surface area (TPSA) is 49.6 Å². The average molecular weight is 377 g/mol. The maximum absolute atomic E-state index is 5.56. The van der Waals surface area contributed by atoms with Crippen molar-refractivity contribution in [1.82, 2.24) is 4.90 Å². The predicted molar refractivity (Wildman–Crippen MR) is 118 cm³/mol. The van der Waals surface area contributed by atoms with E-state index in [2.05, 4.69) is 48.0 Å². The van der Waals surface area contributed by atoms with Gasteiger partial charge in [-0.2, -0.15) is 0 Å². The smallest absolute Gasteiger partial charge is 0.225 e. The van der Waals surface area contributed by atoms with Gasteiger partial charge in [0.05, 0.1) is 17.6 Å². The van der Waals surface area contributed by atoms with Crippen LogP contribution in [0.5, 0.6) is 0 Å². The number of aliphatic imine (C=N–C) groups is 2. The molecule has 0 spiro atoms. The molecule has 5 nitrogen and oxygen atoms in total. The molecule has 0 radical (unpaired) electrons. The molecule has 28 heavy (non-hydrogen) atoms. The molecule has 2 heterocycles. The van der Waals surface area contributed by atoms with E-state index >= 15 is 0 Å². The zero-order valence-corrected chi connectivity index (χ0v) is 17.4. The van der Waals surface area contributed by atoms with Gasteiger partial charge >= 0.3 is 0 Å². The first-order valence-electron chi connectivity index (χ1n) is 9.54. The quantitative estimate of drug-likeness (QED) is 0.689. The molecular formula is C23H28N4O. The fourth-order valence-corrected chi connectivity index (χ4v) is 3.29. The number of hydrogen-bond acceptors (Lipinski definition) is 5. The number of nitrogens with zero attached hydrogens (tertiary/aromatic N) is 4. The summed E-state index contributed by atoms with van der Waals surface area (Å²) in [7, 11) is 3.88. The van der Waals surface area contributed by atoms with Crippen molar-refractivity contribution < 1.29 is 4.84 Å². The van der Waals surface area contributed by atoms with Crippen LogP contribution in [0.15, 0.2) is 85.3 Å². The molecule has 0 aromatic heterocycles. The third-order valence-corrected chi connectivity index (χ3v) is 4.94. The van der Waals surface area contributed by atoms with Crippen molar-refractivity contribution >= 4 is 17.9 Å². The van der Waals surface area contributed by atoms with Gasteiger partial charge in [-0.25, -0.2) is 9.98 Å². The third kappa shape index (κ3) is 4.30. The fraction of sp³-hybridized carbons (Fsp3) is 0.348. The minimum absolute atomic E-state index is 0.686. The summed E-state index contributed by atoms with van der Waals surface area (Å²) < 4.78 is 0. The molecule has 0 aromatic rings. The van der Waals surface area contributed by atoms with E-state index in [1.54, 1.807) is 0 Å². The minimum Gasteiger partial charge on any atom is -0.362 e. The third-order valence-electron chi connectivity index (χ3n) is 4.94. The van der Waals surface area contributed by atoms with E-state index in [1.807, 2.05) is 39.1 Å². The molecule has 5 heteroatoms. The van der Waals surface area contributed by atoms with Gasteiger partial charge in [0.1, 0.15) is 5.76 Å². The molecule has 0 aromatic carbocycles. The molecule has 0 N–H and O–H groups in total. The number of hydrogen-bond donors (Lipinski definition) is 0. The number of oxime groups is 1. The largest absolute Gasteiger partial charge is 0.362 e. The van der Waals surface area contributed by atoms with Gasteiger partial charge in [-0.05, 0) is 44.8 Å². The summed E-state index contributed by atoms with van der Waals surface area (Å²) in [5.74, 6) is 1.47. The molecule has 0 bridgehead atoms. The maximum atomic E-state index is 5.56. The Bertz CT molecular complexity index is 934. The molecule has 0 fully saturated rings. The Morgan fingerprint density at radius 1 is 1.11 bits per heavy atom. The van der Waals surface area contributed by atoms with Crippen LogP contribution < -0.4 is 0 Å². The molecule has 146 valence electrons. The van der Waals surface area contributed by atoms with Crippen molar-refractivity contribution in [2.75, 3.05) is 14.1 Å². The van der Waals surface area contributed by atoms with Gasteiger partial charge in [0, 0.05) is 31.7 Å². The van der Waals surface area contributed by atoms with Crippen molar-refractivity contribution in [3.05, 3.63) is 70.2 Å². The monoisotopic (exact) mass is 376 g/mol. The lowest BCUT2D eigenvalue weighted by Gasteiger charge is -2.22. The molecular weight excluding hydrogens is 348 g/mol. The van der Waals surface area contributed by atoms with Gasteiger partial charge in [0.15, 0.2) is 0 Å². The van der Waals surface area contributed by atoms with Gasteiger partial charge in [0.25, 0.3) is 0 Å². The molecule has 3 rings (SSSR count). The highest BCUT2D eigenvalue weighted by Crippen LogP contribution is 2.36. The lowest BCUT2D eigenvalue weighted by atomic mass is 9.85. The summed E-state index contributed by atoms with van der Waals surface area (Å²) in [6, 6.07) is 0. The Labute approximate surface area is 167 Å². The van der Waals surface area contributed by atoms with Gasteiger partial charge < -0.3 is 9.74 Å².